The Morgan fingerprint density at radius 2 is 1.81 bits per heavy atom. The molecule has 0 aromatic heterocycles. The third kappa shape index (κ3) is 3.97. The van der Waals surface area contributed by atoms with Crippen LogP contribution in [0, 0.1) is 6.92 Å². The van der Waals surface area contributed by atoms with Gasteiger partial charge < -0.3 is 15.0 Å². The Hall–Kier alpha value is -2.04. The number of nitrogens with zero attached hydrogens (tertiary/aromatic N) is 1. The Bertz CT molecular complexity index is 520. The predicted octanol–water partition coefficient (Wildman–Crippen LogP) is 3.19. The fourth-order valence-corrected chi connectivity index (χ4v) is 2.51. The van der Waals surface area contributed by atoms with Crippen molar-refractivity contribution >= 4 is 17.7 Å². The van der Waals surface area contributed by atoms with E-state index in [1.165, 1.54) is 20.0 Å². The van der Waals surface area contributed by atoms with E-state index in [1.807, 2.05) is 17.9 Å². The second-order valence-electron chi connectivity index (χ2n) is 5.37. The molecule has 2 rings (SSSR count). The van der Waals surface area contributed by atoms with Crippen molar-refractivity contribution in [3.8, 4) is 0 Å². The largest absolute Gasteiger partial charge is 0.465 e. The second kappa shape index (κ2) is 7.11. The van der Waals surface area contributed by atoms with Crippen LogP contribution in [0.25, 0.3) is 0 Å². The molecule has 0 saturated carbocycles. The number of hydrogen-bond acceptors (Lipinski definition) is 3. The maximum Gasteiger partial charge on any atom is 0.339 e. The molecular weight excluding hydrogens is 268 g/mol. The van der Waals surface area contributed by atoms with Crippen molar-refractivity contribution in [3.05, 3.63) is 29.3 Å². The molecule has 1 N–H and O–H groups in total. The van der Waals surface area contributed by atoms with Gasteiger partial charge in [0.15, 0.2) is 0 Å². The zero-order chi connectivity index (χ0) is 15.2. The van der Waals surface area contributed by atoms with Crippen LogP contribution in [0.1, 0.15) is 41.6 Å². The molecule has 1 aromatic rings. The number of urea groups is 1. The number of rotatable bonds is 2. The minimum atomic E-state index is -0.440. The van der Waals surface area contributed by atoms with E-state index in [0.29, 0.717) is 11.3 Å². The third-order valence-electron chi connectivity index (χ3n) is 3.72. The number of hydrogen-bond donors (Lipinski definition) is 1. The van der Waals surface area contributed by atoms with Crippen LogP contribution in [0.15, 0.2) is 18.2 Å². The summed E-state index contributed by atoms with van der Waals surface area (Å²) < 4.78 is 4.78. The maximum absolute atomic E-state index is 12.3. The molecule has 0 unspecified atom stereocenters. The number of benzene rings is 1. The first-order valence-electron chi connectivity index (χ1n) is 7.36. The van der Waals surface area contributed by atoms with Gasteiger partial charge in [-0.1, -0.05) is 24.5 Å². The molecule has 1 fully saturated rings. The van der Waals surface area contributed by atoms with E-state index in [-0.39, 0.29) is 6.03 Å². The van der Waals surface area contributed by atoms with Crippen molar-refractivity contribution in [3.63, 3.8) is 0 Å². The van der Waals surface area contributed by atoms with Crippen molar-refractivity contribution in [1.29, 1.82) is 0 Å². The van der Waals surface area contributed by atoms with E-state index in [4.69, 9.17) is 4.74 Å². The Morgan fingerprint density at radius 1 is 1.14 bits per heavy atom. The minimum absolute atomic E-state index is 0.147. The monoisotopic (exact) mass is 290 g/mol. The summed E-state index contributed by atoms with van der Waals surface area (Å²) in [7, 11) is 1.34. The first-order valence-corrected chi connectivity index (χ1v) is 7.36. The Morgan fingerprint density at radius 3 is 2.43 bits per heavy atom. The van der Waals surface area contributed by atoms with Crippen LogP contribution < -0.4 is 5.32 Å². The van der Waals surface area contributed by atoms with E-state index in [2.05, 4.69) is 5.32 Å². The van der Waals surface area contributed by atoms with Gasteiger partial charge in [-0.25, -0.2) is 9.59 Å². The molecule has 5 nitrogen and oxygen atoms in total. The lowest BCUT2D eigenvalue weighted by Gasteiger charge is -2.21. The van der Waals surface area contributed by atoms with E-state index in [1.54, 1.807) is 12.1 Å². The number of nitrogens with one attached hydrogen (secondary N) is 1. The number of aryl methyl sites for hydroxylation is 1. The van der Waals surface area contributed by atoms with Gasteiger partial charge in [0, 0.05) is 13.1 Å². The first-order chi connectivity index (χ1) is 10.1. The first kappa shape index (κ1) is 15.4. The molecule has 0 spiro atoms. The fourth-order valence-electron chi connectivity index (χ4n) is 2.51. The number of esters is 1. The number of carbonyl (C=O) groups excluding carboxylic acids is 2. The van der Waals surface area contributed by atoms with E-state index in [0.717, 1.165) is 31.5 Å². The predicted molar refractivity (Wildman–Crippen MR) is 81.6 cm³/mol. The average Bonchev–Trinajstić information content (AvgIpc) is 2.77. The van der Waals surface area contributed by atoms with Crippen molar-refractivity contribution in [1.82, 2.24) is 4.90 Å². The van der Waals surface area contributed by atoms with Gasteiger partial charge in [0.25, 0.3) is 0 Å². The summed E-state index contributed by atoms with van der Waals surface area (Å²) >= 11 is 0. The van der Waals surface area contributed by atoms with Gasteiger partial charge in [-0.2, -0.15) is 0 Å². The highest BCUT2D eigenvalue weighted by molar-refractivity contribution is 6.01. The molecule has 0 bridgehead atoms. The van der Waals surface area contributed by atoms with Crippen LogP contribution in [0.3, 0.4) is 0 Å². The topological polar surface area (TPSA) is 58.6 Å². The van der Waals surface area contributed by atoms with Gasteiger partial charge in [0.1, 0.15) is 0 Å². The second-order valence-corrected chi connectivity index (χ2v) is 5.37. The fraction of sp³-hybridized carbons (Fsp3) is 0.500. The van der Waals surface area contributed by atoms with Crippen LogP contribution >= 0.6 is 0 Å². The van der Waals surface area contributed by atoms with Gasteiger partial charge >= 0.3 is 12.0 Å². The molecule has 1 aromatic carbocycles. The number of amides is 2. The summed E-state index contributed by atoms with van der Waals surface area (Å²) in [6.45, 7) is 3.43. The number of anilines is 1. The van der Waals surface area contributed by atoms with Crippen molar-refractivity contribution in [2.24, 2.45) is 0 Å². The lowest BCUT2D eigenvalue weighted by atomic mass is 10.1. The summed E-state index contributed by atoms with van der Waals surface area (Å²) in [5.74, 6) is -0.440. The molecular formula is C16H22N2O3. The van der Waals surface area contributed by atoms with Crippen molar-refractivity contribution < 1.29 is 14.3 Å². The molecule has 114 valence electrons. The smallest absolute Gasteiger partial charge is 0.339 e. The van der Waals surface area contributed by atoms with E-state index < -0.39 is 5.97 Å². The zero-order valence-electron chi connectivity index (χ0n) is 12.6. The Labute approximate surface area is 125 Å². The molecule has 5 heteroatoms. The van der Waals surface area contributed by atoms with Gasteiger partial charge in [0.05, 0.1) is 18.4 Å². The van der Waals surface area contributed by atoms with Crippen LogP contribution in [0.2, 0.25) is 0 Å². The van der Waals surface area contributed by atoms with Gasteiger partial charge in [0.2, 0.25) is 0 Å². The normalized spacial score (nSPS) is 15.2. The third-order valence-corrected chi connectivity index (χ3v) is 3.72. The van der Waals surface area contributed by atoms with Crippen molar-refractivity contribution in [2.45, 2.75) is 32.6 Å². The molecule has 1 heterocycles. The summed E-state index contributed by atoms with van der Waals surface area (Å²) in [5.41, 5.74) is 1.84. The van der Waals surface area contributed by atoms with Gasteiger partial charge in [-0.05, 0) is 31.9 Å². The average molecular weight is 290 g/mol. The Kier molecular flexibility index (Phi) is 5.20. The van der Waals surface area contributed by atoms with Crippen LogP contribution in [-0.2, 0) is 4.74 Å². The van der Waals surface area contributed by atoms with Crippen molar-refractivity contribution in [2.75, 3.05) is 25.5 Å². The lowest BCUT2D eigenvalue weighted by molar-refractivity contribution is 0.0602. The standard InChI is InChI=1S/C16H22N2O3/c1-12-7-8-14(13(11-12)15(19)21-2)17-16(20)18-9-5-3-4-6-10-18/h7-8,11H,3-6,9-10H2,1-2H3,(H,17,20). The molecule has 21 heavy (non-hydrogen) atoms. The molecule has 0 radical (unpaired) electrons. The van der Waals surface area contributed by atoms with Gasteiger partial charge in [-0.3, -0.25) is 0 Å². The molecule has 0 atom stereocenters. The maximum atomic E-state index is 12.3. The number of ether oxygens (including phenoxy) is 1. The molecule has 1 aliphatic heterocycles. The molecule has 0 aliphatic carbocycles. The SMILES string of the molecule is COC(=O)c1cc(C)ccc1NC(=O)N1CCCCCC1. The Balaban J connectivity index is 2.14. The minimum Gasteiger partial charge on any atom is -0.465 e. The number of carbonyl (C=O) groups is 2. The van der Waals surface area contributed by atoms with Crippen LogP contribution in [0.5, 0.6) is 0 Å². The van der Waals surface area contributed by atoms with Crippen LogP contribution in [-0.4, -0.2) is 37.1 Å². The molecule has 1 saturated heterocycles. The number of methoxy groups -OCH3 is 1. The summed E-state index contributed by atoms with van der Waals surface area (Å²) in [5, 5.41) is 2.84. The highest BCUT2D eigenvalue weighted by Gasteiger charge is 2.19. The number of likely N-dealkylation sites (tertiary alicyclic amines) is 1. The summed E-state index contributed by atoms with van der Waals surface area (Å²) in [6, 6.07) is 5.19. The lowest BCUT2D eigenvalue weighted by Crippen LogP contribution is -2.36. The summed E-state index contributed by atoms with van der Waals surface area (Å²) in [4.78, 5) is 26.0. The highest BCUT2D eigenvalue weighted by Crippen LogP contribution is 2.20. The molecule has 2 amide bonds. The highest BCUT2D eigenvalue weighted by atomic mass is 16.5. The van der Waals surface area contributed by atoms with E-state index in [9.17, 15) is 9.59 Å². The van der Waals surface area contributed by atoms with Gasteiger partial charge in [-0.15, -0.1) is 0 Å². The quantitative estimate of drug-likeness (QED) is 0.851. The van der Waals surface area contributed by atoms with E-state index >= 15 is 0 Å². The molecule has 1 aliphatic rings. The summed E-state index contributed by atoms with van der Waals surface area (Å²) in [6.07, 6.45) is 4.40. The van der Waals surface area contributed by atoms with Crippen LogP contribution in [0.4, 0.5) is 10.5 Å². The zero-order valence-corrected chi connectivity index (χ0v) is 12.6.